The van der Waals surface area contributed by atoms with Gasteiger partial charge >= 0.3 is 5.97 Å². The van der Waals surface area contributed by atoms with Gasteiger partial charge in [-0.05, 0) is 25.3 Å². The number of hydrogen-bond acceptors (Lipinski definition) is 5. The Balaban J connectivity index is 4.60. The molecule has 0 heterocycles. The summed E-state index contributed by atoms with van der Waals surface area (Å²) in [6, 6.07) is -1.50. The number of carboxylic acid groups (broad SMARTS) is 1. The van der Waals surface area contributed by atoms with E-state index in [2.05, 4.69) is 10.6 Å². The van der Waals surface area contributed by atoms with Crippen molar-refractivity contribution in [2.24, 2.45) is 17.4 Å². The van der Waals surface area contributed by atoms with Gasteiger partial charge in [0.2, 0.25) is 11.8 Å². The molecular formula is C14H28N4O4. The third kappa shape index (κ3) is 7.94. The van der Waals surface area contributed by atoms with Gasteiger partial charge in [0.25, 0.3) is 0 Å². The van der Waals surface area contributed by atoms with Gasteiger partial charge in [0, 0.05) is 0 Å². The van der Waals surface area contributed by atoms with Crippen LogP contribution in [0.15, 0.2) is 0 Å². The summed E-state index contributed by atoms with van der Waals surface area (Å²) in [6.07, 6.45) is 2.68. The van der Waals surface area contributed by atoms with Gasteiger partial charge in [-0.15, -0.1) is 0 Å². The van der Waals surface area contributed by atoms with Crippen molar-refractivity contribution in [3.8, 4) is 0 Å². The first kappa shape index (κ1) is 20.3. The maximum atomic E-state index is 12.0. The molecule has 0 unspecified atom stereocenters. The van der Waals surface area contributed by atoms with Crippen LogP contribution in [0.25, 0.3) is 0 Å². The lowest BCUT2D eigenvalue weighted by Crippen LogP contribution is -2.54. The number of rotatable bonds is 11. The monoisotopic (exact) mass is 316 g/mol. The standard InChI is InChI=1S/C14H28N4O4/c1-3-9(2)12(14(22)17-8-11(19)20)18-13(21)10(16)6-4-5-7-15/h9-10,12H,3-8,15-16H2,1-2H3,(H,17,22)(H,18,21)(H,19,20)/t9-,10-,12-/m0/s1. The van der Waals surface area contributed by atoms with Crippen LogP contribution in [0, 0.1) is 5.92 Å². The first-order valence-corrected chi connectivity index (χ1v) is 7.58. The smallest absolute Gasteiger partial charge is 0.322 e. The van der Waals surface area contributed by atoms with Gasteiger partial charge in [-0.2, -0.15) is 0 Å². The number of carboxylic acids is 1. The van der Waals surface area contributed by atoms with Crippen LogP contribution in [0.4, 0.5) is 0 Å². The maximum Gasteiger partial charge on any atom is 0.322 e. The van der Waals surface area contributed by atoms with Gasteiger partial charge in [-0.3, -0.25) is 14.4 Å². The summed E-state index contributed by atoms with van der Waals surface area (Å²) in [5.74, 6) is -2.19. The lowest BCUT2D eigenvalue weighted by Gasteiger charge is -2.24. The lowest BCUT2D eigenvalue weighted by atomic mass is 9.97. The van der Waals surface area contributed by atoms with Gasteiger partial charge in [0.15, 0.2) is 0 Å². The molecule has 0 rings (SSSR count). The minimum atomic E-state index is -1.14. The molecule has 0 aliphatic heterocycles. The molecule has 7 N–H and O–H groups in total. The zero-order chi connectivity index (χ0) is 17.1. The predicted octanol–water partition coefficient (Wildman–Crippen LogP) is -0.826. The molecular weight excluding hydrogens is 288 g/mol. The fourth-order valence-electron chi connectivity index (χ4n) is 1.87. The molecule has 3 atom stereocenters. The van der Waals surface area contributed by atoms with Crippen LogP contribution >= 0.6 is 0 Å². The van der Waals surface area contributed by atoms with E-state index in [-0.39, 0.29) is 5.92 Å². The van der Waals surface area contributed by atoms with Crippen LogP contribution in [-0.4, -0.2) is 48.1 Å². The second kappa shape index (κ2) is 11.0. The summed E-state index contributed by atoms with van der Waals surface area (Å²) in [5.41, 5.74) is 11.2. The fourth-order valence-corrected chi connectivity index (χ4v) is 1.87. The van der Waals surface area contributed by atoms with Crippen molar-refractivity contribution in [1.29, 1.82) is 0 Å². The van der Waals surface area contributed by atoms with Crippen molar-refractivity contribution in [3.63, 3.8) is 0 Å². The lowest BCUT2D eigenvalue weighted by molar-refractivity contribution is -0.138. The van der Waals surface area contributed by atoms with Gasteiger partial charge < -0.3 is 27.2 Å². The third-order valence-corrected chi connectivity index (χ3v) is 3.51. The molecule has 0 fully saturated rings. The summed E-state index contributed by atoms with van der Waals surface area (Å²) in [6.45, 7) is 3.76. The van der Waals surface area contributed by atoms with Crippen LogP contribution in [0.2, 0.25) is 0 Å². The Kier molecular flexibility index (Phi) is 10.1. The zero-order valence-corrected chi connectivity index (χ0v) is 13.3. The largest absolute Gasteiger partial charge is 0.480 e. The molecule has 0 aliphatic rings. The minimum absolute atomic E-state index is 0.131. The molecule has 8 nitrogen and oxygen atoms in total. The van der Waals surface area contributed by atoms with E-state index < -0.39 is 36.4 Å². The van der Waals surface area contributed by atoms with Crippen LogP contribution in [0.1, 0.15) is 39.5 Å². The fraction of sp³-hybridized carbons (Fsp3) is 0.786. The van der Waals surface area contributed by atoms with E-state index in [0.29, 0.717) is 19.4 Å². The zero-order valence-electron chi connectivity index (χ0n) is 13.3. The highest BCUT2D eigenvalue weighted by molar-refractivity contribution is 5.91. The maximum absolute atomic E-state index is 12.0. The summed E-state index contributed by atoms with van der Waals surface area (Å²) in [5, 5.41) is 13.5. The average molecular weight is 316 g/mol. The van der Waals surface area contributed by atoms with Crippen molar-refractivity contribution >= 4 is 17.8 Å². The van der Waals surface area contributed by atoms with Gasteiger partial charge in [0.1, 0.15) is 12.6 Å². The van der Waals surface area contributed by atoms with Crippen molar-refractivity contribution in [1.82, 2.24) is 10.6 Å². The second-order valence-electron chi connectivity index (χ2n) is 5.37. The number of unbranched alkanes of at least 4 members (excludes halogenated alkanes) is 1. The SMILES string of the molecule is CC[C@H](C)[C@H](NC(=O)[C@@H](N)CCCCN)C(=O)NCC(=O)O. The van der Waals surface area contributed by atoms with E-state index in [1.165, 1.54) is 0 Å². The first-order valence-electron chi connectivity index (χ1n) is 7.58. The van der Waals surface area contributed by atoms with E-state index >= 15 is 0 Å². The van der Waals surface area contributed by atoms with Crippen LogP contribution in [0.3, 0.4) is 0 Å². The molecule has 22 heavy (non-hydrogen) atoms. The quantitative estimate of drug-likeness (QED) is 0.314. The van der Waals surface area contributed by atoms with Crippen LogP contribution in [-0.2, 0) is 14.4 Å². The molecule has 128 valence electrons. The predicted molar refractivity (Wildman–Crippen MR) is 82.9 cm³/mol. The van der Waals surface area contributed by atoms with Crippen LogP contribution in [0.5, 0.6) is 0 Å². The molecule has 0 aromatic rings. The highest BCUT2D eigenvalue weighted by Crippen LogP contribution is 2.09. The third-order valence-electron chi connectivity index (χ3n) is 3.51. The van der Waals surface area contributed by atoms with Gasteiger partial charge in [-0.1, -0.05) is 26.7 Å². The molecule has 2 amide bonds. The molecule has 0 aromatic carbocycles. The van der Waals surface area contributed by atoms with Crippen LogP contribution < -0.4 is 22.1 Å². The Labute approximate surface area is 131 Å². The van der Waals surface area contributed by atoms with E-state index in [0.717, 1.165) is 12.8 Å². The van der Waals surface area contributed by atoms with Gasteiger partial charge in [0.05, 0.1) is 6.04 Å². The topological polar surface area (TPSA) is 148 Å². The molecule has 0 aromatic heterocycles. The molecule has 0 saturated carbocycles. The van der Waals surface area contributed by atoms with E-state index in [9.17, 15) is 14.4 Å². The Morgan fingerprint density at radius 3 is 2.32 bits per heavy atom. The summed E-state index contributed by atoms with van der Waals surface area (Å²) >= 11 is 0. The van der Waals surface area contributed by atoms with Crippen molar-refractivity contribution in [3.05, 3.63) is 0 Å². The Hall–Kier alpha value is -1.67. The average Bonchev–Trinajstić information content (AvgIpc) is 2.49. The van der Waals surface area contributed by atoms with Gasteiger partial charge in [-0.25, -0.2) is 0 Å². The summed E-state index contributed by atoms with van der Waals surface area (Å²) in [7, 11) is 0. The number of carbonyl (C=O) groups is 3. The summed E-state index contributed by atoms with van der Waals surface area (Å²) in [4.78, 5) is 34.6. The molecule has 0 radical (unpaired) electrons. The van der Waals surface area contributed by atoms with E-state index in [4.69, 9.17) is 16.6 Å². The number of nitrogens with one attached hydrogen (secondary N) is 2. The van der Waals surface area contributed by atoms with Crippen molar-refractivity contribution in [2.45, 2.75) is 51.6 Å². The Morgan fingerprint density at radius 1 is 1.18 bits per heavy atom. The van der Waals surface area contributed by atoms with E-state index in [1.807, 2.05) is 13.8 Å². The highest BCUT2D eigenvalue weighted by atomic mass is 16.4. The van der Waals surface area contributed by atoms with Crippen molar-refractivity contribution < 1.29 is 19.5 Å². The molecule has 0 saturated heterocycles. The van der Waals surface area contributed by atoms with E-state index in [1.54, 1.807) is 0 Å². The molecule has 8 heteroatoms. The second-order valence-corrected chi connectivity index (χ2v) is 5.37. The minimum Gasteiger partial charge on any atom is -0.480 e. The number of aliphatic carboxylic acids is 1. The number of nitrogens with two attached hydrogens (primary N) is 2. The number of carbonyl (C=O) groups excluding carboxylic acids is 2. The number of hydrogen-bond donors (Lipinski definition) is 5. The highest BCUT2D eigenvalue weighted by Gasteiger charge is 2.27. The Bertz CT molecular complexity index is 376. The summed E-state index contributed by atoms with van der Waals surface area (Å²) < 4.78 is 0. The molecule has 0 aliphatic carbocycles. The van der Waals surface area contributed by atoms with Crippen molar-refractivity contribution in [2.75, 3.05) is 13.1 Å². The normalized spacial score (nSPS) is 14.7. The first-order chi connectivity index (χ1) is 10.3. The molecule has 0 bridgehead atoms. The number of amides is 2. The Morgan fingerprint density at radius 2 is 1.82 bits per heavy atom. The molecule has 0 spiro atoms.